The third kappa shape index (κ3) is 2.32. The van der Waals surface area contributed by atoms with Crippen LogP contribution in [0.1, 0.15) is 11.1 Å². The number of rotatable bonds is 2. The normalized spacial score (nSPS) is 10.8. The number of nitrogens with zero attached hydrogens (tertiary/aromatic N) is 2. The maximum atomic E-state index is 13.4. The molecule has 0 unspecified atom stereocenters. The minimum atomic E-state index is -0.448. The van der Waals surface area contributed by atoms with Crippen LogP contribution in [0.3, 0.4) is 0 Å². The number of nitrogens with one attached hydrogen (secondary N) is 1. The highest BCUT2D eigenvalue weighted by Gasteiger charge is 2.03. The van der Waals surface area contributed by atoms with Gasteiger partial charge in [0, 0.05) is 29.0 Å². The molecule has 0 aliphatic heterocycles. The average molecular weight is 267 g/mol. The standard InChI is InChI=1S/C16H14FN3/c1-10-3-6-15(20-16(10)17)19-13-5-4-12-9-18-8-11(2)14(12)7-13/h3-9H,1-2H3,(H,19,20). The van der Waals surface area contributed by atoms with Gasteiger partial charge in [0.1, 0.15) is 5.82 Å². The molecule has 4 heteroatoms. The molecule has 0 spiro atoms. The van der Waals surface area contributed by atoms with Crippen molar-refractivity contribution in [1.29, 1.82) is 0 Å². The Hall–Kier alpha value is -2.49. The van der Waals surface area contributed by atoms with E-state index in [2.05, 4.69) is 15.3 Å². The van der Waals surface area contributed by atoms with E-state index in [1.807, 2.05) is 37.5 Å². The summed E-state index contributed by atoms with van der Waals surface area (Å²) in [4.78, 5) is 8.05. The molecule has 2 aromatic heterocycles. The maximum absolute atomic E-state index is 13.4. The summed E-state index contributed by atoms with van der Waals surface area (Å²) in [6, 6.07) is 9.42. The second-order valence-corrected chi connectivity index (χ2v) is 4.82. The van der Waals surface area contributed by atoms with Gasteiger partial charge in [0.15, 0.2) is 0 Å². The maximum Gasteiger partial charge on any atom is 0.217 e. The van der Waals surface area contributed by atoms with Crippen molar-refractivity contribution in [3.8, 4) is 0 Å². The van der Waals surface area contributed by atoms with Crippen LogP contribution in [0, 0.1) is 19.8 Å². The lowest BCUT2D eigenvalue weighted by molar-refractivity contribution is 0.576. The molecule has 0 bridgehead atoms. The highest BCUT2D eigenvalue weighted by molar-refractivity contribution is 5.88. The van der Waals surface area contributed by atoms with E-state index in [-0.39, 0.29) is 0 Å². The molecule has 0 fully saturated rings. The van der Waals surface area contributed by atoms with Gasteiger partial charge in [-0.2, -0.15) is 4.39 Å². The van der Waals surface area contributed by atoms with Gasteiger partial charge in [-0.15, -0.1) is 0 Å². The Labute approximate surface area is 116 Å². The van der Waals surface area contributed by atoms with Crippen LogP contribution in [0.5, 0.6) is 0 Å². The molecule has 0 radical (unpaired) electrons. The van der Waals surface area contributed by atoms with Crippen molar-refractivity contribution >= 4 is 22.3 Å². The number of benzene rings is 1. The van der Waals surface area contributed by atoms with E-state index in [0.717, 1.165) is 22.0 Å². The largest absolute Gasteiger partial charge is 0.340 e. The van der Waals surface area contributed by atoms with Crippen LogP contribution in [0.2, 0.25) is 0 Å². The van der Waals surface area contributed by atoms with Crippen LogP contribution >= 0.6 is 0 Å². The third-order valence-corrected chi connectivity index (χ3v) is 3.27. The first-order chi connectivity index (χ1) is 9.63. The second kappa shape index (κ2) is 4.89. The SMILES string of the molecule is Cc1ccc(Nc2ccc3cncc(C)c3c2)nc1F. The lowest BCUT2D eigenvalue weighted by Gasteiger charge is -2.08. The van der Waals surface area contributed by atoms with E-state index in [1.165, 1.54) is 0 Å². The Morgan fingerprint density at radius 1 is 1.00 bits per heavy atom. The number of aromatic nitrogens is 2. The molecule has 0 atom stereocenters. The highest BCUT2D eigenvalue weighted by atomic mass is 19.1. The predicted octanol–water partition coefficient (Wildman–Crippen LogP) is 4.13. The molecule has 20 heavy (non-hydrogen) atoms. The molecule has 0 amide bonds. The summed E-state index contributed by atoms with van der Waals surface area (Å²) in [6.45, 7) is 3.71. The van der Waals surface area contributed by atoms with Gasteiger partial charge in [0.25, 0.3) is 0 Å². The van der Waals surface area contributed by atoms with Gasteiger partial charge in [0.2, 0.25) is 5.95 Å². The van der Waals surface area contributed by atoms with Crippen molar-refractivity contribution in [1.82, 2.24) is 9.97 Å². The quantitative estimate of drug-likeness (QED) is 0.709. The fraction of sp³-hybridized carbons (Fsp3) is 0.125. The van der Waals surface area contributed by atoms with Crippen molar-refractivity contribution in [2.45, 2.75) is 13.8 Å². The van der Waals surface area contributed by atoms with Crippen molar-refractivity contribution in [3.05, 3.63) is 59.8 Å². The van der Waals surface area contributed by atoms with Crippen molar-refractivity contribution in [2.24, 2.45) is 0 Å². The number of anilines is 2. The molecule has 1 aromatic carbocycles. The van der Waals surface area contributed by atoms with Gasteiger partial charge in [-0.05, 0) is 43.0 Å². The van der Waals surface area contributed by atoms with E-state index < -0.39 is 5.95 Å². The fourth-order valence-electron chi connectivity index (χ4n) is 2.11. The molecular formula is C16H14FN3. The summed E-state index contributed by atoms with van der Waals surface area (Å²) in [5, 5.41) is 5.32. The van der Waals surface area contributed by atoms with Crippen LogP contribution in [-0.4, -0.2) is 9.97 Å². The number of fused-ring (bicyclic) bond motifs is 1. The van der Waals surface area contributed by atoms with E-state index >= 15 is 0 Å². The minimum absolute atomic E-state index is 0.448. The molecule has 1 N–H and O–H groups in total. The first-order valence-corrected chi connectivity index (χ1v) is 6.38. The van der Waals surface area contributed by atoms with Gasteiger partial charge >= 0.3 is 0 Å². The Morgan fingerprint density at radius 3 is 2.65 bits per heavy atom. The number of pyridine rings is 2. The zero-order valence-corrected chi connectivity index (χ0v) is 11.3. The first kappa shape index (κ1) is 12.5. The molecular weight excluding hydrogens is 253 g/mol. The number of aryl methyl sites for hydroxylation is 2. The molecule has 2 heterocycles. The Morgan fingerprint density at radius 2 is 1.85 bits per heavy atom. The first-order valence-electron chi connectivity index (χ1n) is 6.38. The lowest BCUT2D eigenvalue weighted by Crippen LogP contribution is -1.97. The van der Waals surface area contributed by atoms with Crippen LogP contribution in [0.15, 0.2) is 42.7 Å². The predicted molar refractivity (Wildman–Crippen MR) is 78.7 cm³/mol. The molecule has 0 aliphatic carbocycles. The zero-order valence-electron chi connectivity index (χ0n) is 11.3. The third-order valence-electron chi connectivity index (χ3n) is 3.27. The molecule has 0 aliphatic rings. The minimum Gasteiger partial charge on any atom is -0.340 e. The summed E-state index contributed by atoms with van der Waals surface area (Å²) < 4.78 is 13.4. The Balaban J connectivity index is 1.98. The zero-order chi connectivity index (χ0) is 14.1. The fourth-order valence-corrected chi connectivity index (χ4v) is 2.11. The van der Waals surface area contributed by atoms with E-state index in [0.29, 0.717) is 11.4 Å². The van der Waals surface area contributed by atoms with Gasteiger partial charge in [-0.3, -0.25) is 4.98 Å². The van der Waals surface area contributed by atoms with E-state index in [9.17, 15) is 4.39 Å². The summed E-state index contributed by atoms with van der Waals surface area (Å²) in [5.74, 6) is 0.0512. The number of halogens is 1. The van der Waals surface area contributed by atoms with Gasteiger partial charge in [-0.25, -0.2) is 4.98 Å². The molecule has 0 saturated carbocycles. The monoisotopic (exact) mass is 267 g/mol. The summed E-state index contributed by atoms with van der Waals surface area (Å²) in [5.41, 5.74) is 2.52. The molecule has 3 aromatic rings. The van der Waals surface area contributed by atoms with Gasteiger partial charge < -0.3 is 5.32 Å². The van der Waals surface area contributed by atoms with Gasteiger partial charge in [-0.1, -0.05) is 12.1 Å². The molecule has 100 valence electrons. The van der Waals surface area contributed by atoms with E-state index in [4.69, 9.17) is 0 Å². The lowest BCUT2D eigenvalue weighted by atomic mass is 10.1. The summed E-state index contributed by atoms with van der Waals surface area (Å²) in [6.07, 6.45) is 3.66. The van der Waals surface area contributed by atoms with Crippen LogP contribution in [-0.2, 0) is 0 Å². The topological polar surface area (TPSA) is 37.8 Å². The molecule has 0 saturated heterocycles. The highest BCUT2D eigenvalue weighted by Crippen LogP contribution is 2.23. The summed E-state index contributed by atoms with van der Waals surface area (Å²) in [7, 11) is 0. The van der Waals surface area contributed by atoms with Crippen molar-refractivity contribution < 1.29 is 4.39 Å². The summed E-state index contributed by atoms with van der Waals surface area (Å²) >= 11 is 0. The number of hydrogen-bond donors (Lipinski definition) is 1. The van der Waals surface area contributed by atoms with Gasteiger partial charge in [0.05, 0.1) is 0 Å². The van der Waals surface area contributed by atoms with E-state index in [1.54, 1.807) is 19.1 Å². The van der Waals surface area contributed by atoms with Crippen molar-refractivity contribution in [2.75, 3.05) is 5.32 Å². The number of hydrogen-bond acceptors (Lipinski definition) is 3. The van der Waals surface area contributed by atoms with Crippen molar-refractivity contribution in [3.63, 3.8) is 0 Å². The Kier molecular flexibility index (Phi) is 3.06. The smallest absolute Gasteiger partial charge is 0.217 e. The molecule has 3 rings (SSSR count). The van der Waals surface area contributed by atoms with Crippen LogP contribution in [0.4, 0.5) is 15.9 Å². The van der Waals surface area contributed by atoms with Crippen LogP contribution < -0.4 is 5.32 Å². The Bertz CT molecular complexity index is 784. The average Bonchev–Trinajstić information content (AvgIpc) is 2.44. The van der Waals surface area contributed by atoms with Crippen LogP contribution in [0.25, 0.3) is 10.8 Å². The second-order valence-electron chi connectivity index (χ2n) is 4.82. The molecule has 3 nitrogen and oxygen atoms in total.